The van der Waals surface area contributed by atoms with Crippen molar-refractivity contribution in [3.8, 4) is 11.5 Å². The molecule has 0 aliphatic carbocycles. The fraction of sp³-hybridized carbons (Fsp3) is 0.111. The van der Waals surface area contributed by atoms with Crippen molar-refractivity contribution in [2.45, 2.75) is 19.6 Å². The largest absolute Gasteiger partial charge is 0.455 e. The molecule has 0 saturated heterocycles. The maximum absolute atomic E-state index is 6.03. The van der Waals surface area contributed by atoms with Gasteiger partial charge < -0.3 is 20.1 Å². The Labute approximate surface area is 183 Å². The second-order valence-electron chi connectivity index (χ2n) is 7.10. The molecule has 4 nitrogen and oxygen atoms in total. The van der Waals surface area contributed by atoms with Crippen molar-refractivity contribution in [1.29, 1.82) is 0 Å². The molecule has 0 fully saturated rings. The third-order valence-electron chi connectivity index (χ3n) is 4.70. The molecule has 4 aromatic rings. The Kier molecular flexibility index (Phi) is 6.71. The number of para-hydroxylation sites is 2. The molecule has 0 atom stereocenters. The molecule has 4 rings (SSSR count). The van der Waals surface area contributed by atoms with Crippen molar-refractivity contribution in [2.75, 3.05) is 10.6 Å². The first-order chi connectivity index (χ1) is 15.3. The van der Waals surface area contributed by atoms with E-state index in [0.717, 1.165) is 40.7 Å². The molecule has 0 saturated carbocycles. The Morgan fingerprint density at radius 1 is 0.516 bits per heavy atom. The molecule has 156 valence electrons. The highest BCUT2D eigenvalue weighted by atomic mass is 16.7. The molecule has 0 radical (unpaired) electrons. The third kappa shape index (κ3) is 6.03. The van der Waals surface area contributed by atoms with Gasteiger partial charge in [-0.25, -0.2) is 0 Å². The molecule has 0 heterocycles. The van der Waals surface area contributed by atoms with Gasteiger partial charge in [0.2, 0.25) is 6.29 Å². The van der Waals surface area contributed by atoms with E-state index in [-0.39, 0.29) is 6.29 Å². The summed E-state index contributed by atoms with van der Waals surface area (Å²) >= 11 is 0. The van der Waals surface area contributed by atoms with Gasteiger partial charge >= 0.3 is 0 Å². The van der Waals surface area contributed by atoms with Gasteiger partial charge in [0, 0.05) is 29.2 Å². The number of hydrogen-bond acceptors (Lipinski definition) is 4. The normalized spacial score (nSPS) is 10.5. The molecule has 0 amide bonds. The van der Waals surface area contributed by atoms with Gasteiger partial charge in [-0.05, 0) is 72.8 Å². The number of ether oxygens (including phenoxy) is 2. The molecule has 0 aromatic heterocycles. The number of nitrogens with one attached hydrogen (secondary N) is 2. The number of benzene rings is 4. The van der Waals surface area contributed by atoms with Crippen molar-refractivity contribution in [2.24, 2.45) is 0 Å². The molecule has 0 unspecified atom stereocenters. The highest BCUT2D eigenvalue weighted by Gasteiger charge is 2.10. The minimum absolute atomic E-state index is 0.360. The van der Waals surface area contributed by atoms with E-state index in [0.29, 0.717) is 0 Å². The minimum atomic E-state index is -0.360. The van der Waals surface area contributed by atoms with Crippen molar-refractivity contribution in [1.82, 2.24) is 0 Å². The zero-order valence-corrected chi connectivity index (χ0v) is 17.5. The molecule has 2 N–H and O–H groups in total. The van der Waals surface area contributed by atoms with Gasteiger partial charge in [-0.15, -0.1) is 0 Å². The van der Waals surface area contributed by atoms with Crippen LogP contribution >= 0.6 is 0 Å². The van der Waals surface area contributed by atoms with Crippen LogP contribution in [0.25, 0.3) is 0 Å². The third-order valence-corrected chi connectivity index (χ3v) is 4.70. The van der Waals surface area contributed by atoms with Crippen LogP contribution in [0.1, 0.15) is 13.3 Å². The fourth-order valence-corrected chi connectivity index (χ4v) is 3.10. The topological polar surface area (TPSA) is 42.5 Å². The first-order valence-corrected chi connectivity index (χ1v) is 10.5. The van der Waals surface area contributed by atoms with E-state index in [9.17, 15) is 0 Å². The van der Waals surface area contributed by atoms with Crippen LogP contribution in [-0.4, -0.2) is 6.29 Å². The summed E-state index contributed by atoms with van der Waals surface area (Å²) in [4.78, 5) is 0. The molecule has 0 aliphatic heterocycles. The zero-order valence-electron chi connectivity index (χ0n) is 17.5. The average Bonchev–Trinajstić information content (AvgIpc) is 2.82. The van der Waals surface area contributed by atoms with Gasteiger partial charge in [-0.2, -0.15) is 0 Å². The van der Waals surface area contributed by atoms with Gasteiger partial charge in [0.1, 0.15) is 11.5 Å². The van der Waals surface area contributed by atoms with E-state index in [1.54, 1.807) is 0 Å². The van der Waals surface area contributed by atoms with E-state index in [4.69, 9.17) is 9.47 Å². The Morgan fingerprint density at radius 2 is 0.871 bits per heavy atom. The summed E-state index contributed by atoms with van der Waals surface area (Å²) in [7, 11) is 0. The summed E-state index contributed by atoms with van der Waals surface area (Å²) in [6.45, 7) is 2.04. The lowest BCUT2D eigenvalue weighted by Gasteiger charge is -2.20. The van der Waals surface area contributed by atoms with Crippen LogP contribution < -0.4 is 20.1 Å². The molecule has 0 spiro atoms. The maximum atomic E-state index is 6.03. The monoisotopic (exact) mass is 410 g/mol. The number of hydrogen-bond donors (Lipinski definition) is 2. The van der Waals surface area contributed by atoms with Crippen LogP contribution in [-0.2, 0) is 0 Å². The fourth-order valence-electron chi connectivity index (χ4n) is 3.10. The number of anilines is 4. The van der Waals surface area contributed by atoms with Crippen molar-refractivity contribution in [3.05, 3.63) is 109 Å². The van der Waals surface area contributed by atoms with Crippen LogP contribution in [0.15, 0.2) is 109 Å². The van der Waals surface area contributed by atoms with Crippen LogP contribution in [0.3, 0.4) is 0 Å². The predicted molar refractivity (Wildman–Crippen MR) is 128 cm³/mol. The Hall–Kier alpha value is -3.92. The van der Waals surface area contributed by atoms with Crippen LogP contribution in [0, 0.1) is 0 Å². The molecule has 4 heteroatoms. The smallest absolute Gasteiger partial charge is 0.240 e. The summed E-state index contributed by atoms with van der Waals surface area (Å²) < 4.78 is 12.1. The Morgan fingerprint density at radius 3 is 1.23 bits per heavy atom. The van der Waals surface area contributed by atoms with E-state index < -0.39 is 0 Å². The summed E-state index contributed by atoms with van der Waals surface area (Å²) in [5.41, 5.74) is 4.12. The molecular formula is C27H26N2O2. The standard InChI is InChI=1S/C27H26N2O2/c1-2-27(30-25-17-13-23(14-18-25)28-21-9-5-3-6-10-21)31-26-19-15-24(16-20-26)29-22-11-7-4-8-12-22/h3-20,27-29H,2H2,1H3. The second-order valence-corrected chi connectivity index (χ2v) is 7.10. The summed E-state index contributed by atoms with van der Waals surface area (Å²) in [5, 5.41) is 6.74. The van der Waals surface area contributed by atoms with Gasteiger partial charge in [0.25, 0.3) is 0 Å². The number of rotatable bonds is 9. The molecular weight excluding hydrogens is 384 g/mol. The van der Waals surface area contributed by atoms with Gasteiger partial charge in [-0.3, -0.25) is 0 Å². The first kappa shape index (κ1) is 20.4. The van der Waals surface area contributed by atoms with E-state index in [1.165, 1.54) is 0 Å². The van der Waals surface area contributed by atoms with Crippen LogP contribution in [0.5, 0.6) is 11.5 Å². The highest BCUT2D eigenvalue weighted by molar-refractivity contribution is 5.61. The Balaban J connectivity index is 1.32. The van der Waals surface area contributed by atoms with Crippen LogP contribution in [0.2, 0.25) is 0 Å². The van der Waals surface area contributed by atoms with Gasteiger partial charge in [0.05, 0.1) is 0 Å². The highest BCUT2D eigenvalue weighted by Crippen LogP contribution is 2.24. The zero-order chi connectivity index (χ0) is 21.3. The van der Waals surface area contributed by atoms with Crippen LogP contribution in [0.4, 0.5) is 22.7 Å². The summed E-state index contributed by atoms with van der Waals surface area (Å²) in [6.07, 6.45) is 0.370. The minimum Gasteiger partial charge on any atom is -0.455 e. The van der Waals surface area contributed by atoms with Gasteiger partial charge in [0.15, 0.2) is 0 Å². The van der Waals surface area contributed by atoms with Crippen molar-refractivity contribution in [3.63, 3.8) is 0 Å². The molecule has 0 bridgehead atoms. The lowest BCUT2D eigenvalue weighted by Crippen LogP contribution is -2.22. The van der Waals surface area contributed by atoms with E-state index in [1.807, 2.05) is 116 Å². The van der Waals surface area contributed by atoms with E-state index in [2.05, 4.69) is 10.6 Å². The molecule has 4 aromatic carbocycles. The van der Waals surface area contributed by atoms with Crippen molar-refractivity contribution >= 4 is 22.7 Å². The van der Waals surface area contributed by atoms with E-state index >= 15 is 0 Å². The summed E-state index contributed by atoms with van der Waals surface area (Å²) in [5.74, 6) is 1.54. The molecule has 31 heavy (non-hydrogen) atoms. The maximum Gasteiger partial charge on any atom is 0.240 e. The Bertz CT molecular complexity index is 963. The average molecular weight is 411 g/mol. The molecule has 0 aliphatic rings. The predicted octanol–water partition coefficient (Wildman–Crippen LogP) is 7.37. The first-order valence-electron chi connectivity index (χ1n) is 10.5. The lowest BCUT2D eigenvalue weighted by molar-refractivity contribution is 0.00333. The quantitative estimate of drug-likeness (QED) is 0.283. The second kappa shape index (κ2) is 10.2. The SMILES string of the molecule is CCC(Oc1ccc(Nc2ccccc2)cc1)Oc1ccc(Nc2ccccc2)cc1. The van der Waals surface area contributed by atoms with Gasteiger partial charge in [-0.1, -0.05) is 43.3 Å². The summed E-state index contributed by atoms with van der Waals surface area (Å²) in [6, 6.07) is 36.0. The van der Waals surface area contributed by atoms with Crippen molar-refractivity contribution < 1.29 is 9.47 Å². The lowest BCUT2D eigenvalue weighted by atomic mass is 10.2.